The quantitative estimate of drug-likeness (QED) is 0.634. The number of furan rings is 1. The highest BCUT2D eigenvalue weighted by Gasteiger charge is 2.18. The molecular weight excluding hydrogens is 222 g/mol. The number of hydrogen-bond donors (Lipinski definition) is 2. The third kappa shape index (κ3) is 1.86. The molecule has 0 fully saturated rings. The summed E-state index contributed by atoms with van der Waals surface area (Å²) in [4.78, 5) is 5.21. The van der Waals surface area contributed by atoms with Crippen LogP contribution in [0.5, 0.6) is 0 Å². The van der Waals surface area contributed by atoms with Gasteiger partial charge in [-0.3, -0.25) is 5.41 Å². The van der Waals surface area contributed by atoms with Crippen molar-refractivity contribution in [1.82, 2.24) is 4.98 Å². The Morgan fingerprint density at radius 1 is 1.56 bits per heavy atom. The summed E-state index contributed by atoms with van der Waals surface area (Å²) in [7, 11) is 0. The molecule has 0 aliphatic carbocycles. The number of nitrogen functional groups attached to an aromatic ring is 1. The minimum absolute atomic E-state index is 0.0685. The minimum atomic E-state index is 0.0685. The van der Waals surface area contributed by atoms with Gasteiger partial charge in [0.2, 0.25) is 0 Å². The van der Waals surface area contributed by atoms with E-state index in [9.17, 15) is 0 Å². The van der Waals surface area contributed by atoms with E-state index in [4.69, 9.17) is 15.6 Å². The highest BCUT2D eigenvalue weighted by Crippen LogP contribution is 2.31. The number of aromatic nitrogens is 1. The third-order valence-corrected chi connectivity index (χ3v) is 3.30. The first kappa shape index (κ1) is 10.9. The molecule has 5 heteroatoms. The lowest BCUT2D eigenvalue weighted by Crippen LogP contribution is -2.12. The molecule has 0 atom stereocenters. The van der Waals surface area contributed by atoms with Gasteiger partial charge >= 0.3 is 0 Å². The fraction of sp³-hybridized carbons (Fsp3) is 0.273. The van der Waals surface area contributed by atoms with Gasteiger partial charge < -0.3 is 10.2 Å². The van der Waals surface area contributed by atoms with Crippen LogP contribution < -0.4 is 5.73 Å². The Labute approximate surface area is 97.6 Å². The van der Waals surface area contributed by atoms with E-state index in [1.807, 2.05) is 26.0 Å². The summed E-state index contributed by atoms with van der Waals surface area (Å²) < 4.78 is 5.28. The number of thiazole rings is 1. The average Bonchev–Trinajstić information content (AvgIpc) is 2.86. The van der Waals surface area contributed by atoms with E-state index in [2.05, 4.69) is 4.98 Å². The number of hydrogen-bond acceptors (Lipinski definition) is 4. The molecule has 2 aromatic heterocycles. The molecule has 2 rings (SSSR count). The summed E-state index contributed by atoms with van der Waals surface area (Å²) in [5, 5.41) is 8.30. The van der Waals surface area contributed by atoms with Crippen LogP contribution in [0.25, 0.3) is 10.8 Å². The molecule has 16 heavy (non-hydrogen) atoms. The van der Waals surface area contributed by atoms with Crippen LogP contribution in [0, 0.1) is 5.41 Å². The molecule has 4 nitrogen and oxygen atoms in total. The smallest absolute Gasteiger partial charge is 0.162 e. The summed E-state index contributed by atoms with van der Waals surface area (Å²) >= 11 is 1.40. The zero-order valence-corrected chi connectivity index (χ0v) is 9.97. The maximum absolute atomic E-state index is 7.53. The first-order valence-electron chi connectivity index (χ1n) is 4.98. The van der Waals surface area contributed by atoms with Crippen molar-refractivity contribution < 1.29 is 4.42 Å². The maximum Gasteiger partial charge on any atom is 0.162 e. The molecule has 0 amide bonds. The second kappa shape index (κ2) is 4.09. The number of nitrogens with zero attached hydrogens (tertiary/aromatic N) is 1. The molecule has 0 unspecified atom stereocenters. The number of rotatable bonds is 3. The molecule has 0 saturated carbocycles. The molecule has 2 aromatic rings. The summed E-state index contributed by atoms with van der Waals surface area (Å²) in [5.74, 6) is 1.04. The lowest BCUT2D eigenvalue weighted by molar-refractivity contribution is 0.581. The van der Waals surface area contributed by atoms with E-state index in [1.54, 1.807) is 6.26 Å². The zero-order chi connectivity index (χ0) is 11.7. The van der Waals surface area contributed by atoms with E-state index in [1.165, 1.54) is 11.3 Å². The van der Waals surface area contributed by atoms with Gasteiger partial charge in [-0.05, 0) is 18.1 Å². The van der Waals surface area contributed by atoms with Crippen molar-refractivity contribution in [1.29, 1.82) is 5.41 Å². The average molecular weight is 235 g/mol. The lowest BCUT2D eigenvalue weighted by Gasteiger charge is -2.02. The van der Waals surface area contributed by atoms with Gasteiger partial charge in [0.25, 0.3) is 0 Å². The van der Waals surface area contributed by atoms with Crippen LogP contribution >= 0.6 is 11.3 Å². The Kier molecular flexibility index (Phi) is 2.78. The highest BCUT2D eigenvalue weighted by molar-refractivity contribution is 7.17. The van der Waals surface area contributed by atoms with Crippen LogP contribution in [0.4, 0.5) is 0 Å². The summed E-state index contributed by atoms with van der Waals surface area (Å²) in [5.41, 5.74) is 6.41. The lowest BCUT2D eigenvalue weighted by atomic mass is 10.1. The summed E-state index contributed by atoms with van der Waals surface area (Å²) in [6.45, 7) is 4.07. The van der Waals surface area contributed by atoms with Gasteiger partial charge in [-0.2, -0.15) is 0 Å². The third-order valence-electron chi connectivity index (χ3n) is 2.18. The Hall–Kier alpha value is -1.62. The van der Waals surface area contributed by atoms with Crippen LogP contribution in [0.2, 0.25) is 0 Å². The second-order valence-corrected chi connectivity index (χ2v) is 4.78. The Balaban J connectivity index is 2.51. The van der Waals surface area contributed by atoms with Gasteiger partial charge in [0.1, 0.15) is 5.84 Å². The van der Waals surface area contributed by atoms with Gasteiger partial charge in [-0.15, -0.1) is 11.3 Å². The van der Waals surface area contributed by atoms with Crippen molar-refractivity contribution in [3.05, 3.63) is 29.0 Å². The Morgan fingerprint density at radius 2 is 2.31 bits per heavy atom. The number of amidine groups is 1. The first-order valence-corrected chi connectivity index (χ1v) is 5.80. The van der Waals surface area contributed by atoms with Crippen molar-refractivity contribution in [2.45, 2.75) is 19.8 Å². The molecule has 3 N–H and O–H groups in total. The molecule has 0 aliphatic rings. The molecular formula is C11H13N3OS. The van der Waals surface area contributed by atoms with Crippen LogP contribution in [0.15, 0.2) is 22.8 Å². The van der Waals surface area contributed by atoms with Crippen molar-refractivity contribution in [3.8, 4) is 10.8 Å². The number of nitrogens with one attached hydrogen (secondary N) is 1. The Morgan fingerprint density at radius 3 is 2.75 bits per heavy atom. The van der Waals surface area contributed by atoms with E-state index in [0.717, 1.165) is 21.3 Å². The van der Waals surface area contributed by atoms with Crippen molar-refractivity contribution in [2.24, 2.45) is 5.73 Å². The van der Waals surface area contributed by atoms with Crippen molar-refractivity contribution in [2.75, 3.05) is 0 Å². The minimum Gasteiger partial charge on any atom is -0.462 e. The molecule has 0 spiro atoms. The predicted octanol–water partition coefficient (Wildman–Crippen LogP) is 2.81. The van der Waals surface area contributed by atoms with Crippen molar-refractivity contribution >= 4 is 17.2 Å². The second-order valence-electron chi connectivity index (χ2n) is 3.78. The normalized spacial score (nSPS) is 10.9. The van der Waals surface area contributed by atoms with Gasteiger partial charge in [0.15, 0.2) is 10.8 Å². The number of nitrogens with two attached hydrogens (primary N) is 1. The largest absolute Gasteiger partial charge is 0.462 e. The molecule has 2 heterocycles. The van der Waals surface area contributed by atoms with Crippen LogP contribution in [0.1, 0.15) is 30.3 Å². The predicted molar refractivity (Wildman–Crippen MR) is 64.9 cm³/mol. The topological polar surface area (TPSA) is 75.9 Å². The van der Waals surface area contributed by atoms with Gasteiger partial charge in [-0.25, -0.2) is 4.98 Å². The summed E-state index contributed by atoms with van der Waals surface area (Å²) in [6.07, 6.45) is 1.61. The van der Waals surface area contributed by atoms with Crippen LogP contribution in [-0.2, 0) is 0 Å². The molecule has 0 saturated heterocycles. The van der Waals surface area contributed by atoms with Crippen LogP contribution in [0.3, 0.4) is 0 Å². The fourth-order valence-electron chi connectivity index (χ4n) is 1.42. The van der Waals surface area contributed by atoms with E-state index >= 15 is 0 Å². The molecule has 84 valence electrons. The van der Waals surface area contributed by atoms with Crippen LogP contribution in [-0.4, -0.2) is 10.8 Å². The van der Waals surface area contributed by atoms with Gasteiger partial charge in [-0.1, -0.05) is 13.8 Å². The molecule has 0 aliphatic heterocycles. The molecule has 0 radical (unpaired) electrons. The monoisotopic (exact) mass is 235 g/mol. The molecule has 0 aromatic carbocycles. The first-order chi connectivity index (χ1) is 7.59. The fourth-order valence-corrected chi connectivity index (χ4v) is 2.47. The highest BCUT2D eigenvalue weighted by atomic mass is 32.1. The van der Waals surface area contributed by atoms with Gasteiger partial charge in [0, 0.05) is 0 Å². The zero-order valence-electron chi connectivity index (χ0n) is 9.15. The molecule has 0 bridgehead atoms. The summed E-state index contributed by atoms with van der Waals surface area (Å²) in [6, 6.07) is 3.67. The Bertz CT molecular complexity index is 499. The standard InChI is InChI=1S/C11H13N3OS/c1-6(2)8-9(10(12)13)16-11(14-8)7-4-3-5-15-7/h3-6H,1-2H3,(H3,12,13). The van der Waals surface area contributed by atoms with Gasteiger partial charge in [0.05, 0.1) is 16.8 Å². The van der Waals surface area contributed by atoms with E-state index in [0.29, 0.717) is 0 Å². The maximum atomic E-state index is 7.53. The van der Waals surface area contributed by atoms with Crippen molar-refractivity contribution in [3.63, 3.8) is 0 Å². The SMILES string of the molecule is CC(C)c1nc(-c2ccco2)sc1C(=N)N. The van der Waals surface area contributed by atoms with E-state index in [-0.39, 0.29) is 11.8 Å². The van der Waals surface area contributed by atoms with E-state index < -0.39 is 0 Å².